The third-order valence-corrected chi connectivity index (χ3v) is 3.08. The molecule has 0 aliphatic rings. The van der Waals surface area contributed by atoms with Gasteiger partial charge in [-0.3, -0.25) is 0 Å². The second kappa shape index (κ2) is 7.19. The van der Waals surface area contributed by atoms with Crippen molar-refractivity contribution in [1.29, 1.82) is 0 Å². The molecule has 1 aromatic heterocycles. The molecule has 0 saturated carbocycles. The highest BCUT2D eigenvalue weighted by molar-refractivity contribution is 6.28. The normalized spacial score (nSPS) is 10.5. The van der Waals surface area contributed by atoms with Crippen LogP contribution in [-0.2, 0) is 6.61 Å². The number of aromatic nitrogens is 3. The number of aliphatic hydroxyl groups is 1. The highest BCUT2D eigenvalue weighted by Gasteiger charge is 2.11. The summed E-state index contributed by atoms with van der Waals surface area (Å²) in [6, 6.07) is 7.19. The van der Waals surface area contributed by atoms with Gasteiger partial charge in [0.2, 0.25) is 11.2 Å². The molecule has 0 fully saturated rings. The van der Waals surface area contributed by atoms with Gasteiger partial charge in [-0.15, -0.1) is 0 Å². The Hall–Kier alpha value is -1.92. The van der Waals surface area contributed by atoms with Crippen molar-refractivity contribution in [3.05, 3.63) is 35.1 Å². The number of hydrogen-bond acceptors (Lipinski definition) is 6. The number of ether oxygens (including phenoxy) is 1. The quantitative estimate of drug-likeness (QED) is 0.884. The summed E-state index contributed by atoms with van der Waals surface area (Å²) in [6.45, 7) is 5.48. The molecule has 1 N–H and O–H groups in total. The van der Waals surface area contributed by atoms with Crippen LogP contribution in [-0.4, -0.2) is 33.1 Å². The van der Waals surface area contributed by atoms with Gasteiger partial charge >= 0.3 is 6.01 Å². The second-order valence-electron chi connectivity index (χ2n) is 4.27. The monoisotopic (exact) mass is 308 g/mol. The molecule has 0 amide bonds. The topological polar surface area (TPSA) is 71.4 Å². The zero-order valence-electron chi connectivity index (χ0n) is 12.0. The summed E-state index contributed by atoms with van der Waals surface area (Å²) in [5.41, 5.74) is 0.747. The maximum atomic E-state index is 9.13. The van der Waals surface area contributed by atoms with E-state index in [4.69, 9.17) is 21.4 Å². The van der Waals surface area contributed by atoms with Crippen molar-refractivity contribution in [1.82, 2.24) is 15.0 Å². The lowest BCUT2D eigenvalue weighted by molar-refractivity contribution is 0.281. The summed E-state index contributed by atoms with van der Waals surface area (Å²) in [5.74, 6) is 1.02. The van der Waals surface area contributed by atoms with Crippen molar-refractivity contribution in [2.24, 2.45) is 0 Å². The highest BCUT2D eigenvalue weighted by Crippen LogP contribution is 2.22. The number of anilines is 1. The molecular formula is C14H17ClN4O2. The molecule has 0 atom stereocenters. The summed E-state index contributed by atoms with van der Waals surface area (Å²) in [6.07, 6.45) is 0. The molecule has 0 radical (unpaired) electrons. The van der Waals surface area contributed by atoms with Crippen molar-refractivity contribution in [2.75, 3.05) is 18.0 Å². The van der Waals surface area contributed by atoms with Gasteiger partial charge in [-0.1, -0.05) is 12.1 Å². The van der Waals surface area contributed by atoms with Crippen molar-refractivity contribution in [3.63, 3.8) is 0 Å². The maximum absolute atomic E-state index is 9.13. The van der Waals surface area contributed by atoms with Crippen LogP contribution in [0.15, 0.2) is 24.3 Å². The van der Waals surface area contributed by atoms with Gasteiger partial charge in [-0.2, -0.15) is 15.0 Å². The summed E-state index contributed by atoms with van der Waals surface area (Å²) < 4.78 is 5.60. The SMILES string of the molecule is CCN(CC)c1nc(Cl)nc(Oc2cccc(CO)c2)n1. The van der Waals surface area contributed by atoms with Gasteiger partial charge in [0.25, 0.3) is 0 Å². The molecule has 6 nitrogen and oxygen atoms in total. The predicted molar refractivity (Wildman–Crippen MR) is 80.8 cm³/mol. The van der Waals surface area contributed by atoms with Crippen molar-refractivity contribution >= 4 is 17.5 Å². The van der Waals surface area contributed by atoms with Gasteiger partial charge in [0, 0.05) is 13.1 Å². The minimum absolute atomic E-state index is 0.0557. The number of nitrogens with zero attached hydrogens (tertiary/aromatic N) is 4. The maximum Gasteiger partial charge on any atom is 0.328 e. The lowest BCUT2D eigenvalue weighted by Gasteiger charge is -2.18. The molecule has 0 unspecified atom stereocenters. The zero-order chi connectivity index (χ0) is 15.2. The van der Waals surface area contributed by atoms with Crippen LogP contribution in [0.2, 0.25) is 5.28 Å². The number of hydrogen-bond donors (Lipinski definition) is 1. The Labute approximate surface area is 128 Å². The molecule has 7 heteroatoms. The zero-order valence-corrected chi connectivity index (χ0v) is 12.7. The first-order valence-electron chi connectivity index (χ1n) is 6.70. The fraction of sp³-hybridized carbons (Fsp3) is 0.357. The van der Waals surface area contributed by atoms with Crippen molar-refractivity contribution in [3.8, 4) is 11.8 Å². The van der Waals surface area contributed by atoms with E-state index >= 15 is 0 Å². The van der Waals surface area contributed by atoms with E-state index in [9.17, 15) is 0 Å². The smallest absolute Gasteiger partial charge is 0.328 e. The van der Waals surface area contributed by atoms with Gasteiger partial charge in [0.15, 0.2) is 0 Å². The Bertz CT molecular complexity index is 605. The van der Waals surface area contributed by atoms with Crippen LogP contribution in [0.4, 0.5) is 5.95 Å². The van der Waals surface area contributed by atoms with E-state index in [0.29, 0.717) is 11.7 Å². The van der Waals surface area contributed by atoms with Crippen LogP contribution >= 0.6 is 11.6 Å². The molecule has 1 aromatic carbocycles. The number of halogens is 1. The predicted octanol–water partition coefficient (Wildman–Crippen LogP) is 2.66. The Kier molecular flexibility index (Phi) is 5.30. The Morgan fingerprint density at radius 1 is 1.19 bits per heavy atom. The summed E-state index contributed by atoms with van der Waals surface area (Å²) in [5, 5.41) is 9.21. The average Bonchev–Trinajstić information content (AvgIpc) is 2.48. The average molecular weight is 309 g/mol. The molecule has 0 saturated heterocycles. The summed E-state index contributed by atoms with van der Waals surface area (Å²) in [4.78, 5) is 14.3. The standard InChI is InChI=1S/C14H17ClN4O2/c1-3-19(4-2)13-16-12(15)17-14(18-13)21-11-7-5-6-10(8-11)9-20/h5-8,20H,3-4,9H2,1-2H3. The lowest BCUT2D eigenvalue weighted by Crippen LogP contribution is -2.24. The molecule has 0 aliphatic heterocycles. The van der Waals surface area contributed by atoms with E-state index in [1.807, 2.05) is 18.7 Å². The Morgan fingerprint density at radius 2 is 1.95 bits per heavy atom. The number of aliphatic hydroxyl groups excluding tert-OH is 1. The van der Waals surface area contributed by atoms with E-state index in [2.05, 4.69) is 15.0 Å². The van der Waals surface area contributed by atoms with Gasteiger partial charge in [0.1, 0.15) is 5.75 Å². The van der Waals surface area contributed by atoms with E-state index in [0.717, 1.165) is 18.7 Å². The molecule has 1 heterocycles. The highest BCUT2D eigenvalue weighted by atomic mass is 35.5. The molecule has 21 heavy (non-hydrogen) atoms. The van der Waals surface area contributed by atoms with Crippen LogP contribution in [0.3, 0.4) is 0 Å². The van der Waals surface area contributed by atoms with Gasteiger partial charge < -0.3 is 14.7 Å². The fourth-order valence-electron chi connectivity index (χ4n) is 1.83. The molecule has 2 aromatic rings. The minimum atomic E-state index is -0.0557. The van der Waals surface area contributed by atoms with E-state index in [1.165, 1.54) is 0 Å². The molecule has 0 aliphatic carbocycles. The van der Waals surface area contributed by atoms with Gasteiger partial charge in [-0.05, 0) is 43.1 Å². The Balaban J connectivity index is 2.27. The molecule has 0 bridgehead atoms. The molecular weight excluding hydrogens is 292 g/mol. The van der Waals surface area contributed by atoms with Crippen LogP contribution in [0, 0.1) is 0 Å². The van der Waals surface area contributed by atoms with Crippen LogP contribution < -0.4 is 9.64 Å². The lowest BCUT2D eigenvalue weighted by atomic mass is 10.2. The van der Waals surface area contributed by atoms with E-state index in [-0.39, 0.29) is 17.9 Å². The first kappa shape index (κ1) is 15.5. The largest absolute Gasteiger partial charge is 0.424 e. The molecule has 2 rings (SSSR count). The van der Waals surface area contributed by atoms with Crippen LogP contribution in [0.25, 0.3) is 0 Å². The fourth-order valence-corrected chi connectivity index (χ4v) is 1.98. The molecule has 0 spiro atoms. The van der Waals surface area contributed by atoms with Crippen molar-refractivity contribution in [2.45, 2.75) is 20.5 Å². The second-order valence-corrected chi connectivity index (χ2v) is 4.60. The molecule has 112 valence electrons. The van der Waals surface area contributed by atoms with Gasteiger partial charge in [0.05, 0.1) is 6.61 Å². The van der Waals surface area contributed by atoms with E-state index in [1.54, 1.807) is 24.3 Å². The minimum Gasteiger partial charge on any atom is -0.424 e. The third-order valence-electron chi connectivity index (χ3n) is 2.91. The van der Waals surface area contributed by atoms with Gasteiger partial charge in [-0.25, -0.2) is 0 Å². The van der Waals surface area contributed by atoms with Crippen molar-refractivity contribution < 1.29 is 9.84 Å². The number of benzene rings is 1. The first-order valence-corrected chi connectivity index (χ1v) is 7.08. The summed E-state index contributed by atoms with van der Waals surface area (Å²) >= 11 is 5.92. The first-order chi connectivity index (χ1) is 10.2. The van der Waals surface area contributed by atoms with Crippen LogP contribution in [0.1, 0.15) is 19.4 Å². The third kappa shape index (κ3) is 4.03. The Morgan fingerprint density at radius 3 is 2.62 bits per heavy atom. The summed E-state index contributed by atoms with van der Waals surface area (Å²) in [7, 11) is 0. The van der Waals surface area contributed by atoms with E-state index < -0.39 is 0 Å². The number of rotatable bonds is 6. The van der Waals surface area contributed by atoms with Crippen LogP contribution in [0.5, 0.6) is 11.8 Å².